The summed E-state index contributed by atoms with van der Waals surface area (Å²) >= 11 is 0. The molecule has 1 N–H and O–H groups in total. The number of nitrogens with zero attached hydrogens (tertiary/aromatic N) is 1. The molecule has 1 saturated heterocycles. The number of amides is 1. The molecule has 1 aromatic rings. The highest BCUT2D eigenvalue weighted by Gasteiger charge is 2.44. The molecule has 116 valence electrons. The molecule has 1 aromatic carbocycles. The number of likely N-dealkylation sites (tertiary alicyclic amines) is 1. The van der Waals surface area contributed by atoms with Gasteiger partial charge in [0.1, 0.15) is 0 Å². The van der Waals surface area contributed by atoms with Crippen molar-refractivity contribution in [2.45, 2.75) is 32.1 Å². The largest absolute Gasteiger partial charge is 0.481 e. The fraction of sp³-hybridized carbons (Fsp3) is 0.471. The van der Waals surface area contributed by atoms with Crippen LogP contribution in [-0.4, -0.2) is 40.8 Å². The van der Waals surface area contributed by atoms with Crippen LogP contribution in [-0.2, 0) is 9.59 Å². The first-order valence-electron chi connectivity index (χ1n) is 7.57. The molecule has 1 fully saturated rings. The van der Waals surface area contributed by atoms with Crippen molar-refractivity contribution >= 4 is 17.7 Å². The van der Waals surface area contributed by atoms with Crippen LogP contribution in [0.5, 0.6) is 0 Å². The number of carboxylic acid groups (broad SMARTS) is 1. The number of hydrogen-bond acceptors (Lipinski definition) is 3. The molecule has 1 amide bonds. The highest BCUT2D eigenvalue weighted by Crippen LogP contribution is 2.36. The summed E-state index contributed by atoms with van der Waals surface area (Å²) in [6.07, 6.45) is 1.35. The zero-order chi connectivity index (χ0) is 15.9. The maximum atomic E-state index is 12.8. The average molecular weight is 301 g/mol. The molecule has 0 aromatic heterocycles. The molecular formula is C17H19NO4. The molecular weight excluding hydrogens is 282 g/mol. The number of hydrogen-bond donors (Lipinski definition) is 1. The van der Waals surface area contributed by atoms with Crippen LogP contribution >= 0.6 is 0 Å². The summed E-state index contributed by atoms with van der Waals surface area (Å²) in [5, 5.41) is 9.29. The van der Waals surface area contributed by atoms with E-state index >= 15 is 0 Å². The zero-order valence-electron chi connectivity index (χ0n) is 12.5. The van der Waals surface area contributed by atoms with E-state index in [1.54, 1.807) is 24.0 Å². The third kappa shape index (κ3) is 2.30. The molecule has 2 atom stereocenters. The van der Waals surface area contributed by atoms with Gasteiger partial charge in [-0.05, 0) is 25.3 Å². The van der Waals surface area contributed by atoms with Crippen LogP contribution in [0.3, 0.4) is 0 Å². The molecule has 0 radical (unpaired) electrons. The monoisotopic (exact) mass is 301 g/mol. The van der Waals surface area contributed by atoms with Crippen LogP contribution in [0.2, 0.25) is 0 Å². The topological polar surface area (TPSA) is 74.7 Å². The molecule has 0 bridgehead atoms. The maximum absolute atomic E-state index is 12.8. The van der Waals surface area contributed by atoms with Crippen LogP contribution in [0, 0.1) is 5.41 Å². The van der Waals surface area contributed by atoms with Crippen LogP contribution in [0.4, 0.5) is 0 Å². The number of rotatable bonds is 2. The summed E-state index contributed by atoms with van der Waals surface area (Å²) < 4.78 is 0. The minimum absolute atomic E-state index is 0.0510. The third-order valence-electron chi connectivity index (χ3n) is 4.90. The Labute approximate surface area is 128 Å². The Hall–Kier alpha value is -2.17. The lowest BCUT2D eigenvalue weighted by Crippen LogP contribution is -2.38. The molecule has 2 aliphatic rings. The molecule has 3 rings (SSSR count). The second-order valence-corrected chi connectivity index (χ2v) is 6.48. The van der Waals surface area contributed by atoms with Crippen molar-refractivity contribution in [3.05, 3.63) is 35.4 Å². The predicted octanol–water partition coefficient (Wildman–Crippen LogP) is 2.07. The SMILES string of the molecule is CC1(C(=O)O)CCN(C(=O)C2CCC(=O)c3ccccc32)C1. The van der Waals surface area contributed by atoms with E-state index in [-0.39, 0.29) is 24.2 Å². The number of aliphatic carboxylic acids is 1. The minimum Gasteiger partial charge on any atom is -0.481 e. The summed E-state index contributed by atoms with van der Waals surface area (Å²) in [7, 11) is 0. The number of fused-ring (bicyclic) bond motifs is 1. The summed E-state index contributed by atoms with van der Waals surface area (Å²) in [4.78, 5) is 37.7. The summed E-state index contributed by atoms with van der Waals surface area (Å²) in [5.74, 6) is -1.16. The van der Waals surface area contributed by atoms with Crippen LogP contribution < -0.4 is 0 Å². The molecule has 2 unspecified atom stereocenters. The van der Waals surface area contributed by atoms with Gasteiger partial charge in [0.2, 0.25) is 5.91 Å². The third-order valence-corrected chi connectivity index (χ3v) is 4.90. The molecule has 1 aliphatic heterocycles. The van der Waals surface area contributed by atoms with E-state index in [0.29, 0.717) is 31.4 Å². The Kier molecular flexibility index (Phi) is 3.51. The number of benzene rings is 1. The van der Waals surface area contributed by atoms with E-state index in [4.69, 9.17) is 0 Å². The smallest absolute Gasteiger partial charge is 0.311 e. The van der Waals surface area contributed by atoms with E-state index in [0.717, 1.165) is 5.56 Å². The van der Waals surface area contributed by atoms with Gasteiger partial charge in [-0.15, -0.1) is 0 Å². The van der Waals surface area contributed by atoms with Gasteiger partial charge in [-0.2, -0.15) is 0 Å². The lowest BCUT2D eigenvalue weighted by Gasteiger charge is -2.28. The standard InChI is InChI=1S/C17H19NO4/c1-17(16(21)22)8-9-18(10-17)15(20)13-6-7-14(19)12-5-3-2-4-11(12)13/h2-5,13H,6-10H2,1H3,(H,21,22). The Morgan fingerprint density at radius 2 is 2.05 bits per heavy atom. The van der Waals surface area contributed by atoms with Gasteiger partial charge in [-0.25, -0.2) is 0 Å². The fourth-order valence-electron chi connectivity index (χ4n) is 3.42. The Morgan fingerprint density at radius 1 is 1.32 bits per heavy atom. The van der Waals surface area contributed by atoms with Crippen molar-refractivity contribution in [2.24, 2.45) is 5.41 Å². The Bertz CT molecular complexity index is 654. The lowest BCUT2D eigenvalue weighted by molar-refractivity contribution is -0.147. The molecule has 22 heavy (non-hydrogen) atoms. The van der Waals surface area contributed by atoms with E-state index in [1.807, 2.05) is 12.1 Å². The number of carboxylic acids is 1. The fourth-order valence-corrected chi connectivity index (χ4v) is 3.42. The molecule has 1 heterocycles. The molecule has 5 heteroatoms. The van der Waals surface area contributed by atoms with Crippen molar-refractivity contribution in [3.8, 4) is 0 Å². The van der Waals surface area contributed by atoms with E-state index in [2.05, 4.69) is 0 Å². The van der Waals surface area contributed by atoms with Gasteiger partial charge in [-0.3, -0.25) is 14.4 Å². The highest BCUT2D eigenvalue weighted by molar-refractivity contribution is 6.01. The van der Waals surface area contributed by atoms with Gasteiger partial charge < -0.3 is 10.0 Å². The second-order valence-electron chi connectivity index (χ2n) is 6.48. The first kappa shape index (κ1) is 14.8. The number of carbonyl (C=O) groups excluding carboxylic acids is 2. The Balaban J connectivity index is 1.84. The quantitative estimate of drug-likeness (QED) is 0.907. The lowest BCUT2D eigenvalue weighted by atomic mass is 9.81. The summed E-state index contributed by atoms with van der Waals surface area (Å²) in [6, 6.07) is 7.24. The van der Waals surface area contributed by atoms with Gasteiger partial charge in [0.05, 0.1) is 11.3 Å². The van der Waals surface area contributed by atoms with Crippen LogP contribution in [0.25, 0.3) is 0 Å². The molecule has 0 spiro atoms. The minimum atomic E-state index is -0.861. The van der Waals surface area contributed by atoms with Gasteiger partial charge >= 0.3 is 5.97 Å². The first-order valence-corrected chi connectivity index (χ1v) is 7.57. The molecule has 5 nitrogen and oxygen atoms in total. The van der Waals surface area contributed by atoms with E-state index < -0.39 is 11.4 Å². The van der Waals surface area contributed by atoms with Crippen molar-refractivity contribution in [1.29, 1.82) is 0 Å². The molecule has 0 saturated carbocycles. The summed E-state index contributed by atoms with van der Waals surface area (Å²) in [5.41, 5.74) is 0.555. The van der Waals surface area contributed by atoms with Gasteiger partial charge in [0, 0.05) is 25.1 Å². The van der Waals surface area contributed by atoms with Gasteiger partial charge in [0.15, 0.2) is 5.78 Å². The number of Topliss-reactive ketones (excluding diaryl/α,β-unsaturated/α-hetero) is 1. The Morgan fingerprint density at radius 3 is 2.73 bits per heavy atom. The average Bonchev–Trinajstić information content (AvgIpc) is 2.91. The van der Waals surface area contributed by atoms with Crippen LogP contribution in [0.15, 0.2) is 24.3 Å². The van der Waals surface area contributed by atoms with Crippen molar-refractivity contribution in [2.75, 3.05) is 13.1 Å². The van der Waals surface area contributed by atoms with Gasteiger partial charge in [0.25, 0.3) is 0 Å². The number of carbonyl (C=O) groups is 3. The highest BCUT2D eigenvalue weighted by atomic mass is 16.4. The van der Waals surface area contributed by atoms with Crippen LogP contribution in [0.1, 0.15) is 48.0 Å². The van der Waals surface area contributed by atoms with Crippen molar-refractivity contribution < 1.29 is 19.5 Å². The predicted molar refractivity (Wildman–Crippen MR) is 79.7 cm³/mol. The summed E-state index contributed by atoms with van der Waals surface area (Å²) in [6.45, 7) is 2.39. The molecule has 1 aliphatic carbocycles. The van der Waals surface area contributed by atoms with Gasteiger partial charge in [-0.1, -0.05) is 24.3 Å². The second kappa shape index (κ2) is 5.23. The maximum Gasteiger partial charge on any atom is 0.311 e. The number of ketones is 1. The van der Waals surface area contributed by atoms with E-state index in [9.17, 15) is 19.5 Å². The van der Waals surface area contributed by atoms with Crippen molar-refractivity contribution in [3.63, 3.8) is 0 Å². The normalized spacial score (nSPS) is 27.6. The zero-order valence-corrected chi connectivity index (χ0v) is 12.5. The first-order chi connectivity index (χ1) is 10.4. The van der Waals surface area contributed by atoms with Crippen molar-refractivity contribution in [1.82, 2.24) is 4.90 Å². The van der Waals surface area contributed by atoms with E-state index in [1.165, 1.54) is 0 Å².